The van der Waals surface area contributed by atoms with E-state index in [0.717, 1.165) is 0 Å². The minimum atomic E-state index is -1.24. The second kappa shape index (κ2) is 6.36. The lowest BCUT2D eigenvalue weighted by molar-refractivity contribution is -0.142. The van der Waals surface area contributed by atoms with Gasteiger partial charge in [0, 0.05) is 6.42 Å². The number of carboxylic acids is 2. The summed E-state index contributed by atoms with van der Waals surface area (Å²) in [7, 11) is 0. The van der Waals surface area contributed by atoms with Gasteiger partial charge < -0.3 is 15.5 Å². The van der Waals surface area contributed by atoms with Crippen molar-refractivity contribution in [3.63, 3.8) is 0 Å². The number of nitrogens with one attached hydrogen (secondary N) is 1. The molecule has 1 amide bonds. The van der Waals surface area contributed by atoms with Gasteiger partial charge >= 0.3 is 11.9 Å². The van der Waals surface area contributed by atoms with Crippen molar-refractivity contribution < 1.29 is 24.6 Å². The van der Waals surface area contributed by atoms with Gasteiger partial charge in [0.15, 0.2) is 0 Å². The number of amides is 1. The predicted octanol–water partition coefficient (Wildman–Crippen LogP) is -0.185. The van der Waals surface area contributed by atoms with Gasteiger partial charge in [-0.05, 0) is 6.42 Å². The van der Waals surface area contributed by atoms with Gasteiger partial charge in [-0.2, -0.15) is 0 Å². The van der Waals surface area contributed by atoms with E-state index in [0.29, 0.717) is 0 Å². The first-order valence-corrected chi connectivity index (χ1v) is 4.89. The summed E-state index contributed by atoms with van der Waals surface area (Å²) in [5, 5.41) is 19.1. The molecule has 0 saturated carbocycles. The molecule has 0 heterocycles. The Kier molecular flexibility index (Phi) is 5.86. The van der Waals surface area contributed by atoms with Crippen molar-refractivity contribution in [3.05, 3.63) is 0 Å². The molecule has 0 aliphatic heterocycles. The molecule has 0 saturated heterocycles. The predicted molar refractivity (Wildman–Crippen MR) is 50.2 cm³/mol. The molecule has 0 radical (unpaired) electrons. The van der Waals surface area contributed by atoms with Gasteiger partial charge in [0.2, 0.25) is 5.91 Å². The van der Waals surface area contributed by atoms with Gasteiger partial charge in [-0.25, -0.2) is 4.79 Å². The highest BCUT2D eigenvalue weighted by Gasteiger charge is 2.19. The quantitative estimate of drug-likeness (QED) is 0.579. The molecule has 14 heavy (non-hydrogen) atoms. The number of carboxylic acid groups (broad SMARTS) is 2. The highest BCUT2D eigenvalue weighted by molar-refractivity contribution is 9.09. The number of hydrogen-bond donors (Lipinski definition) is 3. The summed E-state index contributed by atoms with van der Waals surface area (Å²) in [6.45, 7) is 0. The van der Waals surface area contributed by atoms with E-state index in [1.807, 2.05) is 0 Å². The Morgan fingerprint density at radius 2 is 1.86 bits per heavy atom. The third-order valence-corrected chi connectivity index (χ3v) is 1.91. The number of halogens is 1. The first-order chi connectivity index (χ1) is 6.47. The normalized spacial score (nSPS) is 11.8. The topological polar surface area (TPSA) is 104 Å². The van der Waals surface area contributed by atoms with Crippen LogP contribution in [-0.2, 0) is 14.4 Å². The molecule has 0 aromatic heterocycles. The Labute approximate surface area is 88.4 Å². The van der Waals surface area contributed by atoms with Crippen LogP contribution < -0.4 is 5.32 Å². The standard InChI is InChI=1S/C7H10BrNO5/c8-3-5(10)9-4(7(13)14)1-2-6(11)12/h4H,1-3H2,(H,9,10)(H,11,12)(H,13,14). The Bertz CT molecular complexity index is 242. The molecule has 0 spiro atoms. The van der Waals surface area contributed by atoms with Crippen molar-refractivity contribution in [2.24, 2.45) is 0 Å². The zero-order valence-corrected chi connectivity index (χ0v) is 8.78. The maximum absolute atomic E-state index is 10.8. The van der Waals surface area contributed by atoms with Crippen molar-refractivity contribution in [3.8, 4) is 0 Å². The molecule has 80 valence electrons. The van der Waals surface area contributed by atoms with Crippen molar-refractivity contribution in [1.29, 1.82) is 0 Å². The maximum atomic E-state index is 10.8. The summed E-state index contributed by atoms with van der Waals surface area (Å²) < 4.78 is 0. The largest absolute Gasteiger partial charge is 0.481 e. The van der Waals surface area contributed by atoms with Gasteiger partial charge in [-0.3, -0.25) is 9.59 Å². The van der Waals surface area contributed by atoms with Crippen LogP contribution in [0.2, 0.25) is 0 Å². The number of carbonyl (C=O) groups excluding carboxylic acids is 1. The number of rotatable bonds is 6. The fraction of sp³-hybridized carbons (Fsp3) is 0.571. The monoisotopic (exact) mass is 267 g/mol. The van der Waals surface area contributed by atoms with Crippen LogP contribution in [0, 0.1) is 0 Å². The highest BCUT2D eigenvalue weighted by Crippen LogP contribution is 1.98. The van der Waals surface area contributed by atoms with E-state index in [4.69, 9.17) is 10.2 Å². The number of carbonyl (C=O) groups is 3. The van der Waals surface area contributed by atoms with Gasteiger partial charge in [-0.1, -0.05) is 15.9 Å². The summed E-state index contributed by atoms with van der Waals surface area (Å²) >= 11 is 2.85. The van der Waals surface area contributed by atoms with E-state index in [1.165, 1.54) is 0 Å². The molecule has 1 unspecified atom stereocenters. The van der Waals surface area contributed by atoms with E-state index >= 15 is 0 Å². The van der Waals surface area contributed by atoms with Crippen LogP contribution in [0.1, 0.15) is 12.8 Å². The van der Waals surface area contributed by atoms with Crippen LogP contribution in [-0.4, -0.2) is 39.4 Å². The molecule has 7 heteroatoms. The molecule has 0 aromatic carbocycles. The minimum Gasteiger partial charge on any atom is -0.481 e. The van der Waals surface area contributed by atoms with E-state index in [1.54, 1.807) is 0 Å². The summed E-state index contributed by atoms with van der Waals surface area (Å²) in [4.78, 5) is 31.5. The zero-order chi connectivity index (χ0) is 11.1. The summed E-state index contributed by atoms with van der Waals surface area (Å²) in [6, 6.07) is -1.14. The van der Waals surface area contributed by atoms with Gasteiger partial charge in [0.05, 0.1) is 5.33 Å². The Hall–Kier alpha value is -1.11. The molecule has 3 N–H and O–H groups in total. The number of alkyl halides is 1. The second-order valence-electron chi connectivity index (χ2n) is 2.52. The lowest BCUT2D eigenvalue weighted by Crippen LogP contribution is -2.41. The molecule has 1 atom stereocenters. The second-order valence-corrected chi connectivity index (χ2v) is 3.09. The smallest absolute Gasteiger partial charge is 0.326 e. The summed E-state index contributed by atoms with van der Waals surface area (Å²) in [5.41, 5.74) is 0. The lowest BCUT2D eigenvalue weighted by atomic mass is 10.1. The fourth-order valence-corrected chi connectivity index (χ4v) is 0.920. The average Bonchev–Trinajstić information content (AvgIpc) is 2.10. The van der Waals surface area contributed by atoms with Crippen LogP contribution >= 0.6 is 15.9 Å². The van der Waals surface area contributed by atoms with E-state index in [9.17, 15) is 14.4 Å². The van der Waals surface area contributed by atoms with Crippen molar-refractivity contribution >= 4 is 33.8 Å². The molecule has 0 bridgehead atoms. The van der Waals surface area contributed by atoms with Crippen LogP contribution in [0.4, 0.5) is 0 Å². The third kappa shape index (κ3) is 5.52. The summed E-state index contributed by atoms with van der Waals surface area (Å²) in [5.74, 6) is -2.81. The first-order valence-electron chi connectivity index (χ1n) is 3.77. The third-order valence-electron chi connectivity index (χ3n) is 1.40. The number of hydrogen-bond acceptors (Lipinski definition) is 3. The van der Waals surface area contributed by atoms with E-state index < -0.39 is 23.9 Å². The molecular weight excluding hydrogens is 258 g/mol. The summed E-state index contributed by atoms with van der Waals surface area (Å²) in [6.07, 6.45) is -0.414. The van der Waals surface area contributed by atoms with Crippen LogP contribution in [0.25, 0.3) is 0 Å². The minimum absolute atomic E-state index is 0.0101. The Morgan fingerprint density at radius 1 is 1.29 bits per heavy atom. The molecule has 6 nitrogen and oxygen atoms in total. The fourth-order valence-electron chi connectivity index (χ4n) is 0.758. The average molecular weight is 268 g/mol. The zero-order valence-electron chi connectivity index (χ0n) is 7.20. The Morgan fingerprint density at radius 3 is 2.21 bits per heavy atom. The van der Waals surface area contributed by atoms with Crippen molar-refractivity contribution in [2.75, 3.05) is 5.33 Å². The van der Waals surface area contributed by atoms with Crippen LogP contribution in [0.3, 0.4) is 0 Å². The van der Waals surface area contributed by atoms with E-state index in [-0.39, 0.29) is 18.2 Å². The molecule has 0 rings (SSSR count). The molecule has 0 aliphatic rings. The van der Waals surface area contributed by atoms with Crippen LogP contribution in [0.5, 0.6) is 0 Å². The lowest BCUT2D eigenvalue weighted by Gasteiger charge is -2.11. The van der Waals surface area contributed by atoms with Gasteiger partial charge in [-0.15, -0.1) is 0 Å². The molecule has 0 aromatic rings. The Balaban J connectivity index is 4.09. The van der Waals surface area contributed by atoms with Gasteiger partial charge in [0.1, 0.15) is 6.04 Å². The molecule has 0 aliphatic carbocycles. The molecule has 0 fully saturated rings. The van der Waals surface area contributed by atoms with Gasteiger partial charge in [0.25, 0.3) is 0 Å². The van der Waals surface area contributed by atoms with E-state index in [2.05, 4.69) is 21.2 Å². The number of aliphatic carboxylic acids is 2. The molecular formula is C7H10BrNO5. The maximum Gasteiger partial charge on any atom is 0.326 e. The van der Waals surface area contributed by atoms with Crippen molar-refractivity contribution in [2.45, 2.75) is 18.9 Å². The SMILES string of the molecule is O=C(O)CCC(NC(=O)CBr)C(=O)O. The van der Waals surface area contributed by atoms with Crippen LogP contribution in [0.15, 0.2) is 0 Å². The highest BCUT2D eigenvalue weighted by atomic mass is 79.9. The first kappa shape index (κ1) is 12.9. The van der Waals surface area contributed by atoms with Crippen molar-refractivity contribution in [1.82, 2.24) is 5.32 Å².